The molecule has 9 heteroatoms. The molecule has 0 aliphatic carbocycles. The van der Waals surface area contributed by atoms with Crippen LogP contribution in [0.5, 0.6) is 5.75 Å². The van der Waals surface area contributed by atoms with Gasteiger partial charge in [-0.2, -0.15) is 0 Å². The molecule has 0 bridgehead atoms. The monoisotopic (exact) mass is 438 g/mol. The van der Waals surface area contributed by atoms with Crippen LogP contribution < -0.4 is 20.7 Å². The Labute approximate surface area is 185 Å². The van der Waals surface area contributed by atoms with E-state index in [0.717, 1.165) is 5.69 Å². The molecule has 2 aromatic carbocycles. The van der Waals surface area contributed by atoms with Crippen LogP contribution in [0.1, 0.15) is 20.3 Å². The Bertz CT molecular complexity index is 1110. The molecule has 1 aliphatic rings. The summed E-state index contributed by atoms with van der Waals surface area (Å²) < 4.78 is 16.3. The lowest BCUT2D eigenvalue weighted by atomic mass is 10.0. The summed E-state index contributed by atoms with van der Waals surface area (Å²) in [6.45, 7) is 5.15. The minimum Gasteiger partial charge on any atom is -0.481 e. The molecule has 9 nitrogen and oxygen atoms in total. The van der Waals surface area contributed by atoms with E-state index >= 15 is 0 Å². The molecule has 1 aliphatic heterocycles. The fraction of sp³-hybridized carbons (Fsp3) is 0.348. The number of carbonyl (C=O) groups excluding carboxylic acids is 2. The first kappa shape index (κ1) is 21.6. The highest BCUT2D eigenvalue weighted by Crippen LogP contribution is 2.27. The largest absolute Gasteiger partial charge is 0.481 e. The second-order valence-corrected chi connectivity index (χ2v) is 8.10. The first-order valence-electron chi connectivity index (χ1n) is 10.5. The molecule has 0 spiro atoms. The molecule has 168 valence electrons. The zero-order valence-corrected chi connectivity index (χ0v) is 18.0. The van der Waals surface area contributed by atoms with Crippen LogP contribution in [0.3, 0.4) is 0 Å². The van der Waals surface area contributed by atoms with Gasteiger partial charge in [-0.15, -0.1) is 0 Å². The van der Waals surface area contributed by atoms with Gasteiger partial charge in [-0.3, -0.25) is 9.59 Å². The molecule has 3 aromatic rings. The number of fused-ring (bicyclic) bond motifs is 1. The van der Waals surface area contributed by atoms with Gasteiger partial charge in [-0.05, 0) is 54.8 Å². The maximum atomic E-state index is 13.0. The number of hydrogen-bond donors (Lipinski definition) is 2. The molecule has 4 rings (SSSR count). The van der Waals surface area contributed by atoms with Crippen LogP contribution >= 0.6 is 0 Å². The van der Waals surface area contributed by atoms with Gasteiger partial charge in [-0.1, -0.05) is 19.0 Å². The lowest BCUT2D eigenvalue weighted by Crippen LogP contribution is -2.41. The van der Waals surface area contributed by atoms with Gasteiger partial charge < -0.3 is 29.9 Å². The summed E-state index contributed by atoms with van der Waals surface area (Å²) in [5.74, 6) is 0.685. The summed E-state index contributed by atoms with van der Waals surface area (Å²) >= 11 is 0. The van der Waals surface area contributed by atoms with Gasteiger partial charge in [0.15, 0.2) is 17.5 Å². The minimum absolute atomic E-state index is 0.0798. The summed E-state index contributed by atoms with van der Waals surface area (Å²) in [6.07, 6.45) is -0.169. The summed E-state index contributed by atoms with van der Waals surface area (Å²) in [7, 11) is 0. The predicted molar refractivity (Wildman–Crippen MR) is 121 cm³/mol. The molecular weight excluding hydrogens is 412 g/mol. The number of nitrogens with one attached hydrogen (secondary N) is 1. The van der Waals surface area contributed by atoms with Gasteiger partial charge in [0.25, 0.3) is 11.8 Å². The number of nitrogen functional groups attached to an aromatic ring is 1. The second-order valence-electron chi connectivity index (χ2n) is 8.10. The van der Waals surface area contributed by atoms with Crippen LogP contribution in [0.25, 0.3) is 11.0 Å². The Balaban J connectivity index is 1.46. The van der Waals surface area contributed by atoms with Gasteiger partial charge in [0.05, 0.1) is 12.0 Å². The number of amides is 2. The Kier molecular flexibility index (Phi) is 6.27. The highest BCUT2D eigenvalue weighted by atomic mass is 16.5. The van der Waals surface area contributed by atoms with E-state index in [1.165, 1.54) is 0 Å². The molecule has 0 saturated carbocycles. The maximum Gasteiger partial charge on any atom is 0.265 e. The number of nitrogens with zero attached hydrogens (tertiary/aromatic N) is 2. The van der Waals surface area contributed by atoms with Crippen molar-refractivity contribution in [3.05, 3.63) is 42.5 Å². The first-order chi connectivity index (χ1) is 15.4. The van der Waals surface area contributed by atoms with Crippen LogP contribution in [0, 0.1) is 5.92 Å². The van der Waals surface area contributed by atoms with E-state index in [0.29, 0.717) is 42.0 Å². The molecule has 2 amide bonds. The number of anilines is 3. The molecular formula is C23H26N4O5. The Morgan fingerprint density at radius 1 is 1.25 bits per heavy atom. The zero-order valence-electron chi connectivity index (χ0n) is 18.0. The first-order valence-corrected chi connectivity index (χ1v) is 10.5. The normalized spacial score (nSPS) is 15.2. The lowest BCUT2D eigenvalue weighted by molar-refractivity contribution is -0.125. The SMILES string of the molecule is CC(C)CC(Oc1ccc2onc(N)c2c1)C(=O)Nc1ccc(N2CCOCC2=O)cc1. The van der Waals surface area contributed by atoms with Crippen molar-refractivity contribution < 1.29 is 23.6 Å². The van der Waals surface area contributed by atoms with Crippen molar-refractivity contribution in [2.75, 3.05) is 35.7 Å². The van der Waals surface area contributed by atoms with Crippen LogP contribution in [0.15, 0.2) is 47.0 Å². The average molecular weight is 438 g/mol. The van der Waals surface area contributed by atoms with Crippen LogP contribution in [-0.2, 0) is 14.3 Å². The second kappa shape index (κ2) is 9.27. The van der Waals surface area contributed by atoms with E-state index < -0.39 is 6.10 Å². The van der Waals surface area contributed by atoms with Crippen molar-refractivity contribution >= 4 is 40.0 Å². The van der Waals surface area contributed by atoms with Gasteiger partial charge in [0.2, 0.25) is 0 Å². The van der Waals surface area contributed by atoms with E-state index in [9.17, 15) is 9.59 Å². The number of carbonyl (C=O) groups is 2. The Morgan fingerprint density at radius 2 is 2.03 bits per heavy atom. The number of nitrogens with two attached hydrogens (primary N) is 1. The highest BCUT2D eigenvalue weighted by Gasteiger charge is 2.23. The number of rotatable bonds is 7. The van der Waals surface area contributed by atoms with Crippen LogP contribution in [0.4, 0.5) is 17.2 Å². The van der Waals surface area contributed by atoms with E-state index in [2.05, 4.69) is 10.5 Å². The number of hydrogen-bond acceptors (Lipinski definition) is 7. The van der Waals surface area contributed by atoms with Crippen LogP contribution in [-0.4, -0.2) is 42.8 Å². The van der Waals surface area contributed by atoms with E-state index in [4.69, 9.17) is 19.7 Å². The number of morpholine rings is 1. The van der Waals surface area contributed by atoms with Gasteiger partial charge in [0, 0.05) is 17.9 Å². The molecule has 1 fully saturated rings. The van der Waals surface area contributed by atoms with Crippen molar-refractivity contribution in [3.63, 3.8) is 0 Å². The van der Waals surface area contributed by atoms with E-state index in [1.54, 1.807) is 47.4 Å². The molecule has 1 unspecified atom stereocenters. The summed E-state index contributed by atoms with van der Waals surface area (Å²) in [5, 5.41) is 7.28. The minimum atomic E-state index is -0.700. The van der Waals surface area contributed by atoms with Crippen LogP contribution in [0.2, 0.25) is 0 Å². The third-order valence-corrected chi connectivity index (χ3v) is 5.16. The van der Waals surface area contributed by atoms with Gasteiger partial charge >= 0.3 is 0 Å². The third kappa shape index (κ3) is 4.83. The van der Waals surface area contributed by atoms with Crippen molar-refractivity contribution in [2.45, 2.75) is 26.4 Å². The average Bonchev–Trinajstić information content (AvgIpc) is 3.14. The molecule has 1 atom stereocenters. The molecule has 1 aromatic heterocycles. The van der Waals surface area contributed by atoms with Gasteiger partial charge in [-0.25, -0.2) is 0 Å². The number of benzene rings is 2. The van der Waals surface area contributed by atoms with Gasteiger partial charge in [0.1, 0.15) is 12.4 Å². The highest BCUT2D eigenvalue weighted by molar-refractivity contribution is 5.97. The molecule has 3 N–H and O–H groups in total. The Morgan fingerprint density at radius 3 is 2.75 bits per heavy atom. The van der Waals surface area contributed by atoms with Crippen molar-refractivity contribution in [1.29, 1.82) is 0 Å². The van der Waals surface area contributed by atoms with E-state index in [-0.39, 0.29) is 30.2 Å². The summed E-state index contributed by atoms with van der Waals surface area (Å²) in [5.41, 5.74) is 7.77. The fourth-order valence-electron chi connectivity index (χ4n) is 3.55. The molecule has 0 radical (unpaired) electrons. The smallest absolute Gasteiger partial charge is 0.265 e. The summed E-state index contributed by atoms with van der Waals surface area (Å²) in [4.78, 5) is 26.7. The Hall–Kier alpha value is -3.59. The number of ether oxygens (including phenoxy) is 2. The zero-order chi connectivity index (χ0) is 22.7. The lowest BCUT2D eigenvalue weighted by Gasteiger charge is -2.27. The topological polar surface area (TPSA) is 120 Å². The maximum absolute atomic E-state index is 13.0. The van der Waals surface area contributed by atoms with Crippen molar-refractivity contribution in [1.82, 2.24) is 5.16 Å². The van der Waals surface area contributed by atoms with E-state index in [1.807, 2.05) is 13.8 Å². The molecule has 2 heterocycles. The number of aromatic nitrogens is 1. The van der Waals surface area contributed by atoms with Crippen molar-refractivity contribution in [3.8, 4) is 5.75 Å². The van der Waals surface area contributed by atoms with Crippen molar-refractivity contribution in [2.24, 2.45) is 5.92 Å². The molecule has 32 heavy (non-hydrogen) atoms. The standard InChI is InChI=1S/C23H26N4O5/c1-14(2)11-20(31-17-7-8-19-18(12-17)22(24)26-32-19)23(29)25-15-3-5-16(6-4-15)27-9-10-30-13-21(27)28/h3-8,12,14,20H,9-11,13H2,1-2H3,(H2,24,26)(H,25,29). The fourth-order valence-corrected chi connectivity index (χ4v) is 3.55. The quantitative estimate of drug-likeness (QED) is 0.581. The molecule has 1 saturated heterocycles. The summed E-state index contributed by atoms with van der Waals surface area (Å²) in [6, 6.07) is 12.3. The predicted octanol–water partition coefficient (Wildman–Crippen LogP) is 3.21. The third-order valence-electron chi connectivity index (χ3n) is 5.16.